The van der Waals surface area contributed by atoms with Gasteiger partial charge in [0.05, 0.1) is 11.7 Å². The number of carbonyl (C=O) groups excluding carboxylic acids is 1. The zero-order chi connectivity index (χ0) is 11.0. The van der Waals surface area contributed by atoms with E-state index in [2.05, 4.69) is 15.9 Å². The normalized spacial score (nSPS) is 21.1. The SMILES string of the molecule is CN1C(=O)[C@@H](N)CSc2ccc(Br)cc21. The van der Waals surface area contributed by atoms with Crippen LogP contribution in [0.3, 0.4) is 0 Å². The number of benzene rings is 1. The van der Waals surface area contributed by atoms with Crippen molar-refractivity contribution in [1.29, 1.82) is 0 Å². The van der Waals surface area contributed by atoms with Crippen LogP contribution in [0.2, 0.25) is 0 Å². The van der Waals surface area contributed by atoms with E-state index < -0.39 is 6.04 Å². The molecular weight excluding hydrogens is 276 g/mol. The van der Waals surface area contributed by atoms with E-state index in [9.17, 15) is 4.79 Å². The van der Waals surface area contributed by atoms with E-state index in [0.717, 1.165) is 15.1 Å². The lowest BCUT2D eigenvalue weighted by Gasteiger charge is -2.18. The van der Waals surface area contributed by atoms with Crippen molar-refractivity contribution in [2.75, 3.05) is 17.7 Å². The number of hydrogen-bond donors (Lipinski definition) is 1. The van der Waals surface area contributed by atoms with Gasteiger partial charge in [-0.3, -0.25) is 4.79 Å². The summed E-state index contributed by atoms with van der Waals surface area (Å²) in [6.45, 7) is 0. The van der Waals surface area contributed by atoms with Crippen LogP contribution in [-0.2, 0) is 4.79 Å². The summed E-state index contributed by atoms with van der Waals surface area (Å²) in [5.41, 5.74) is 6.69. The molecule has 2 N–H and O–H groups in total. The lowest BCUT2D eigenvalue weighted by atomic mass is 10.2. The van der Waals surface area contributed by atoms with E-state index in [4.69, 9.17) is 5.73 Å². The molecule has 0 radical (unpaired) electrons. The van der Waals surface area contributed by atoms with Gasteiger partial charge in [-0.05, 0) is 18.2 Å². The van der Waals surface area contributed by atoms with Crippen LogP contribution in [0.25, 0.3) is 0 Å². The number of nitrogens with two attached hydrogens (primary N) is 1. The highest BCUT2D eigenvalue weighted by atomic mass is 79.9. The van der Waals surface area contributed by atoms with Crippen molar-refractivity contribution in [2.24, 2.45) is 5.73 Å². The highest BCUT2D eigenvalue weighted by Crippen LogP contribution is 2.35. The predicted molar refractivity (Wildman–Crippen MR) is 66.3 cm³/mol. The van der Waals surface area contributed by atoms with Crippen molar-refractivity contribution in [2.45, 2.75) is 10.9 Å². The molecule has 1 amide bonds. The first-order valence-corrected chi connectivity index (χ1v) is 6.33. The van der Waals surface area contributed by atoms with Crippen LogP contribution in [0.4, 0.5) is 5.69 Å². The molecule has 1 atom stereocenters. The molecule has 0 fully saturated rings. The molecular formula is C10H11BrN2OS. The number of halogens is 1. The maximum absolute atomic E-state index is 11.8. The number of carbonyl (C=O) groups is 1. The third-order valence-electron chi connectivity index (χ3n) is 2.35. The Balaban J connectivity index is 2.48. The minimum atomic E-state index is -0.411. The molecule has 5 heteroatoms. The van der Waals surface area contributed by atoms with Gasteiger partial charge in [-0.1, -0.05) is 15.9 Å². The van der Waals surface area contributed by atoms with E-state index >= 15 is 0 Å². The van der Waals surface area contributed by atoms with Crippen LogP contribution in [0.5, 0.6) is 0 Å². The summed E-state index contributed by atoms with van der Waals surface area (Å²) in [4.78, 5) is 14.5. The average Bonchev–Trinajstić information content (AvgIpc) is 2.32. The Bertz CT molecular complexity index is 410. The molecule has 1 aromatic rings. The highest BCUT2D eigenvalue weighted by Gasteiger charge is 2.25. The molecule has 0 saturated heterocycles. The number of anilines is 1. The van der Waals surface area contributed by atoms with Gasteiger partial charge in [-0.2, -0.15) is 0 Å². The van der Waals surface area contributed by atoms with E-state index in [0.29, 0.717) is 5.75 Å². The Morgan fingerprint density at radius 1 is 1.60 bits per heavy atom. The Hall–Kier alpha value is -0.520. The van der Waals surface area contributed by atoms with Gasteiger partial charge in [0.15, 0.2) is 0 Å². The molecule has 1 aliphatic heterocycles. The van der Waals surface area contributed by atoms with E-state index in [1.807, 2.05) is 18.2 Å². The zero-order valence-corrected chi connectivity index (χ0v) is 10.6. The molecule has 2 rings (SSSR count). The Kier molecular flexibility index (Phi) is 3.04. The van der Waals surface area contributed by atoms with Crippen molar-refractivity contribution in [1.82, 2.24) is 0 Å². The highest BCUT2D eigenvalue weighted by molar-refractivity contribution is 9.10. The van der Waals surface area contributed by atoms with Gasteiger partial charge >= 0.3 is 0 Å². The summed E-state index contributed by atoms with van der Waals surface area (Å²) < 4.78 is 0.969. The summed E-state index contributed by atoms with van der Waals surface area (Å²) in [6.07, 6.45) is 0. The number of amides is 1. The standard InChI is InChI=1S/C10H11BrN2OS/c1-13-8-4-6(11)2-3-9(8)15-5-7(12)10(13)14/h2-4,7H,5,12H2,1H3/t7-/m0/s1. The summed E-state index contributed by atoms with van der Waals surface area (Å²) in [7, 11) is 1.76. The minimum absolute atomic E-state index is 0.0284. The topological polar surface area (TPSA) is 46.3 Å². The first kappa shape index (κ1) is 11.0. The minimum Gasteiger partial charge on any atom is -0.319 e. The van der Waals surface area contributed by atoms with Crippen LogP contribution < -0.4 is 10.6 Å². The van der Waals surface area contributed by atoms with E-state index in [1.165, 1.54) is 0 Å². The van der Waals surface area contributed by atoms with Crippen LogP contribution in [0.1, 0.15) is 0 Å². The fraction of sp³-hybridized carbons (Fsp3) is 0.300. The second-order valence-electron chi connectivity index (χ2n) is 3.43. The quantitative estimate of drug-likeness (QED) is 0.792. The summed E-state index contributed by atoms with van der Waals surface area (Å²) in [5, 5.41) is 0. The van der Waals surface area contributed by atoms with Crippen LogP contribution >= 0.6 is 27.7 Å². The Labute approximate surface area is 101 Å². The molecule has 0 aromatic heterocycles. The lowest BCUT2D eigenvalue weighted by Crippen LogP contribution is -2.42. The largest absolute Gasteiger partial charge is 0.319 e. The van der Waals surface area contributed by atoms with Gasteiger partial charge in [0.25, 0.3) is 0 Å². The first-order chi connectivity index (χ1) is 7.09. The van der Waals surface area contributed by atoms with Crippen molar-refractivity contribution in [3.05, 3.63) is 22.7 Å². The smallest absolute Gasteiger partial charge is 0.244 e. The molecule has 0 spiro atoms. The average molecular weight is 287 g/mol. The van der Waals surface area contributed by atoms with Crippen LogP contribution in [0.15, 0.2) is 27.6 Å². The van der Waals surface area contributed by atoms with E-state index in [-0.39, 0.29) is 5.91 Å². The molecule has 1 heterocycles. The van der Waals surface area contributed by atoms with Gasteiger partial charge in [0, 0.05) is 22.2 Å². The number of thioether (sulfide) groups is 1. The van der Waals surface area contributed by atoms with Crippen molar-refractivity contribution >= 4 is 39.3 Å². The van der Waals surface area contributed by atoms with Crippen LogP contribution in [-0.4, -0.2) is 24.7 Å². The molecule has 1 aromatic carbocycles. The molecule has 0 unspecified atom stereocenters. The molecule has 0 aliphatic carbocycles. The van der Waals surface area contributed by atoms with Gasteiger partial charge in [-0.15, -0.1) is 11.8 Å². The molecule has 1 aliphatic rings. The van der Waals surface area contributed by atoms with Crippen molar-refractivity contribution < 1.29 is 4.79 Å². The Morgan fingerprint density at radius 2 is 2.33 bits per heavy atom. The molecule has 0 bridgehead atoms. The van der Waals surface area contributed by atoms with Gasteiger partial charge in [0.2, 0.25) is 5.91 Å². The summed E-state index contributed by atoms with van der Waals surface area (Å²) in [6, 6.07) is 5.51. The summed E-state index contributed by atoms with van der Waals surface area (Å²) >= 11 is 5.03. The third kappa shape index (κ3) is 2.04. The zero-order valence-electron chi connectivity index (χ0n) is 8.24. The molecule has 3 nitrogen and oxygen atoms in total. The second kappa shape index (κ2) is 4.15. The predicted octanol–water partition coefficient (Wildman–Crippen LogP) is 1.84. The Morgan fingerprint density at radius 3 is 3.07 bits per heavy atom. The van der Waals surface area contributed by atoms with Crippen molar-refractivity contribution in [3.63, 3.8) is 0 Å². The van der Waals surface area contributed by atoms with Gasteiger partial charge in [-0.25, -0.2) is 0 Å². The fourth-order valence-electron chi connectivity index (χ4n) is 1.49. The number of hydrogen-bond acceptors (Lipinski definition) is 3. The van der Waals surface area contributed by atoms with Crippen LogP contribution in [0, 0.1) is 0 Å². The number of likely N-dealkylation sites (N-methyl/N-ethyl adjacent to an activating group) is 1. The maximum atomic E-state index is 11.8. The number of rotatable bonds is 0. The molecule has 80 valence electrons. The number of nitrogens with zero attached hydrogens (tertiary/aromatic N) is 1. The third-order valence-corrected chi connectivity index (χ3v) is 4.02. The first-order valence-electron chi connectivity index (χ1n) is 4.55. The molecule has 15 heavy (non-hydrogen) atoms. The second-order valence-corrected chi connectivity index (χ2v) is 5.40. The van der Waals surface area contributed by atoms with Crippen molar-refractivity contribution in [3.8, 4) is 0 Å². The van der Waals surface area contributed by atoms with E-state index in [1.54, 1.807) is 23.7 Å². The molecule has 0 saturated carbocycles. The number of fused-ring (bicyclic) bond motifs is 1. The summed E-state index contributed by atoms with van der Waals surface area (Å²) in [5.74, 6) is 0.608. The monoisotopic (exact) mass is 286 g/mol. The van der Waals surface area contributed by atoms with Gasteiger partial charge in [0.1, 0.15) is 0 Å². The van der Waals surface area contributed by atoms with Gasteiger partial charge < -0.3 is 10.6 Å². The maximum Gasteiger partial charge on any atom is 0.244 e. The fourth-order valence-corrected chi connectivity index (χ4v) is 2.85. The lowest BCUT2D eigenvalue weighted by molar-refractivity contribution is -0.119.